The predicted octanol–water partition coefficient (Wildman–Crippen LogP) is 1.76. The largest absolute Gasteiger partial charge is 0.451 e. The molecule has 1 amide bonds. The van der Waals surface area contributed by atoms with Crippen LogP contribution in [0.15, 0.2) is 0 Å². The Labute approximate surface area is 138 Å². The summed E-state index contributed by atoms with van der Waals surface area (Å²) < 4.78 is 39.6. The Bertz CT molecular complexity index is 600. The van der Waals surface area contributed by atoms with Crippen LogP contribution in [-0.2, 0) is 24.1 Å². The Morgan fingerprint density at radius 3 is 2.75 bits per heavy atom. The summed E-state index contributed by atoms with van der Waals surface area (Å²) in [5.41, 5.74) is 0. The second kappa shape index (κ2) is 6.70. The summed E-state index contributed by atoms with van der Waals surface area (Å²) >= 11 is 0. The molecule has 0 saturated carbocycles. The van der Waals surface area contributed by atoms with Crippen LogP contribution in [0, 0.1) is 5.92 Å². The molecule has 0 N–H and O–H groups in total. The van der Waals surface area contributed by atoms with E-state index in [0.717, 1.165) is 30.5 Å². The number of aromatic nitrogens is 3. The number of likely N-dealkylation sites (tertiary alicyclic amines) is 1. The zero-order valence-corrected chi connectivity index (χ0v) is 13.7. The lowest BCUT2D eigenvalue weighted by atomic mass is 9.96. The first-order valence-corrected chi connectivity index (χ1v) is 8.38. The average molecular weight is 345 g/mol. The Morgan fingerprint density at radius 2 is 2.04 bits per heavy atom. The van der Waals surface area contributed by atoms with E-state index in [9.17, 15) is 18.0 Å². The summed E-state index contributed by atoms with van der Waals surface area (Å²) in [6.45, 7) is 4.75. The molecule has 0 radical (unpaired) electrons. The number of halogens is 3. The molecule has 2 aliphatic rings. The standard InChI is InChI=1S/C15H22F3N5O/c1-2-11-4-3-5-21(8-11)10-13(24)22-6-7-23-12(9-22)19-20-14(23)15(16,17)18/h11H,2-10H2,1H3. The van der Waals surface area contributed by atoms with E-state index in [4.69, 9.17) is 0 Å². The third-order valence-corrected chi connectivity index (χ3v) is 4.90. The van der Waals surface area contributed by atoms with E-state index in [1.165, 1.54) is 6.42 Å². The molecule has 6 nitrogen and oxygen atoms in total. The summed E-state index contributed by atoms with van der Waals surface area (Å²) in [5, 5.41) is 6.85. The summed E-state index contributed by atoms with van der Waals surface area (Å²) in [6, 6.07) is 0. The number of hydrogen-bond donors (Lipinski definition) is 0. The zero-order chi connectivity index (χ0) is 17.3. The molecule has 24 heavy (non-hydrogen) atoms. The van der Waals surface area contributed by atoms with Gasteiger partial charge in [0.15, 0.2) is 5.82 Å². The molecule has 1 saturated heterocycles. The van der Waals surface area contributed by atoms with Gasteiger partial charge in [0.25, 0.3) is 0 Å². The molecule has 2 aliphatic heterocycles. The van der Waals surface area contributed by atoms with Crippen molar-refractivity contribution >= 4 is 5.91 Å². The van der Waals surface area contributed by atoms with Crippen LogP contribution in [0.2, 0.25) is 0 Å². The smallest absolute Gasteiger partial charge is 0.332 e. The van der Waals surface area contributed by atoms with Crippen molar-refractivity contribution in [2.75, 3.05) is 26.2 Å². The lowest BCUT2D eigenvalue weighted by Gasteiger charge is -2.34. The van der Waals surface area contributed by atoms with Crippen molar-refractivity contribution in [3.05, 3.63) is 11.6 Å². The quantitative estimate of drug-likeness (QED) is 0.838. The number of rotatable bonds is 3. The fourth-order valence-electron chi connectivity index (χ4n) is 3.50. The number of alkyl halides is 3. The van der Waals surface area contributed by atoms with Gasteiger partial charge in [-0.1, -0.05) is 13.3 Å². The van der Waals surface area contributed by atoms with Crippen LogP contribution in [0.4, 0.5) is 13.2 Å². The van der Waals surface area contributed by atoms with Gasteiger partial charge in [-0.25, -0.2) is 0 Å². The molecule has 1 fully saturated rings. The fraction of sp³-hybridized carbons (Fsp3) is 0.800. The fourth-order valence-corrected chi connectivity index (χ4v) is 3.50. The van der Waals surface area contributed by atoms with Gasteiger partial charge in [-0.15, -0.1) is 10.2 Å². The minimum Gasteiger partial charge on any atom is -0.332 e. The van der Waals surface area contributed by atoms with Gasteiger partial charge in [-0.2, -0.15) is 13.2 Å². The van der Waals surface area contributed by atoms with Crippen LogP contribution < -0.4 is 0 Å². The molecule has 1 aromatic rings. The van der Waals surface area contributed by atoms with E-state index in [-0.39, 0.29) is 31.4 Å². The molecule has 9 heteroatoms. The molecule has 1 atom stereocenters. The van der Waals surface area contributed by atoms with Crippen molar-refractivity contribution in [1.29, 1.82) is 0 Å². The van der Waals surface area contributed by atoms with Crippen molar-refractivity contribution in [2.24, 2.45) is 5.92 Å². The van der Waals surface area contributed by atoms with Gasteiger partial charge in [-0.05, 0) is 25.3 Å². The minimum absolute atomic E-state index is 0.0467. The van der Waals surface area contributed by atoms with E-state index in [2.05, 4.69) is 22.0 Å². The highest BCUT2D eigenvalue weighted by Crippen LogP contribution is 2.29. The van der Waals surface area contributed by atoms with Crippen molar-refractivity contribution in [3.63, 3.8) is 0 Å². The molecule has 0 spiro atoms. The molecule has 3 rings (SSSR count). The number of carbonyl (C=O) groups is 1. The van der Waals surface area contributed by atoms with Crippen LogP contribution in [0.3, 0.4) is 0 Å². The molecule has 1 unspecified atom stereocenters. The molecule has 0 aliphatic carbocycles. The summed E-state index contributed by atoms with van der Waals surface area (Å²) in [5.74, 6) is -0.196. The maximum Gasteiger partial charge on any atom is 0.451 e. The number of hydrogen-bond acceptors (Lipinski definition) is 4. The van der Waals surface area contributed by atoms with E-state index < -0.39 is 12.0 Å². The van der Waals surface area contributed by atoms with E-state index in [0.29, 0.717) is 12.5 Å². The Balaban J connectivity index is 1.61. The lowest BCUT2D eigenvalue weighted by molar-refractivity contribution is -0.148. The maximum absolute atomic E-state index is 12.8. The number of nitrogens with zero attached hydrogens (tertiary/aromatic N) is 5. The van der Waals surface area contributed by atoms with Gasteiger partial charge in [-0.3, -0.25) is 9.69 Å². The van der Waals surface area contributed by atoms with Crippen molar-refractivity contribution in [2.45, 2.75) is 45.5 Å². The minimum atomic E-state index is -4.51. The van der Waals surface area contributed by atoms with Crippen LogP contribution in [0.5, 0.6) is 0 Å². The number of amides is 1. The van der Waals surface area contributed by atoms with Gasteiger partial charge in [0, 0.05) is 19.6 Å². The summed E-state index contributed by atoms with van der Waals surface area (Å²) in [7, 11) is 0. The monoisotopic (exact) mass is 345 g/mol. The van der Waals surface area contributed by atoms with E-state index in [1.807, 2.05) is 0 Å². The van der Waals surface area contributed by atoms with Crippen molar-refractivity contribution in [3.8, 4) is 0 Å². The molecular formula is C15H22F3N5O. The van der Waals surface area contributed by atoms with Crippen molar-refractivity contribution < 1.29 is 18.0 Å². The normalized spacial score (nSPS) is 22.5. The highest BCUT2D eigenvalue weighted by molar-refractivity contribution is 5.78. The first kappa shape index (κ1) is 17.2. The molecule has 134 valence electrons. The highest BCUT2D eigenvalue weighted by Gasteiger charge is 2.40. The Morgan fingerprint density at radius 1 is 1.25 bits per heavy atom. The highest BCUT2D eigenvalue weighted by atomic mass is 19.4. The zero-order valence-electron chi connectivity index (χ0n) is 13.7. The Kier molecular flexibility index (Phi) is 4.80. The summed E-state index contributed by atoms with van der Waals surface area (Å²) in [4.78, 5) is 16.2. The number of carbonyl (C=O) groups excluding carboxylic acids is 1. The predicted molar refractivity (Wildman–Crippen MR) is 79.9 cm³/mol. The molecule has 3 heterocycles. The van der Waals surface area contributed by atoms with Gasteiger partial charge in [0.1, 0.15) is 0 Å². The van der Waals surface area contributed by atoms with Crippen molar-refractivity contribution in [1.82, 2.24) is 24.6 Å². The van der Waals surface area contributed by atoms with Gasteiger partial charge in [0.05, 0.1) is 13.1 Å². The molecule has 1 aromatic heterocycles. The van der Waals surface area contributed by atoms with Crippen LogP contribution >= 0.6 is 0 Å². The SMILES string of the molecule is CCC1CCCN(CC(=O)N2CCn3c(nnc3C(F)(F)F)C2)C1. The maximum atomic E-state index is 12.8. The van der Waals surface area contributed by atoms with E-state index >= 15 is 0 Å². The first-order chi connectivity index (χ1) is 11.4. The lowest BCUT2D eigenvalue weighted by Crippen LogP contribution is -2.46. The third-order valence-electron chi connectivity index (χ3n) is 4.90. The van der Waals surface area contributed by atoms with E-state index in [1.54, 1.807) is 4.90 Å². The van der Waals surface area contributed by atoms with Gasteiger partial charge < -0.3 is 9.47 Å². The van der Waals surface area contributed by atoms with Gasteiger partial charge in [0.2, 0.25) is 11.7 Å². The summed E-state index contributed by atoms with van der Waals surface area (Å²) in [6.07, 6.45) is -1.11. The molecule has 0 aromatic carbocycles. The average Bonchev–Trinajstić information content (AvgIpc) is 2.98. The topological polar surface area (TPSA) is 54.3 Å². The second-order valence-corrected chi connectivity index (χ2v) is 6.56. The second-order valence-electron chi connectivity index (χ2n) is 6.56. The number of fused-ring (bicyclic) bond motifs is 1. The third kappa shape index (κ3) is 3.55. The Hall–Kier alpha value is -1.64. The number of piperidine rings is 1. The first-order valence-electron chi connectivity index (χ1n) is 8.38. The molecular weight excluding hydrogens is 323 g/mol. The van der Waals surface area contributed by atoms with Gasteiger partial charge >= 0.3 is 6.18 Å². The van der Waals surface area contributed by atoms with Crippen LogP contribution in [0.25, 0.3) is 0 Å². The van der Waals surface area contributed by atoms with Crippen LogP contribution in [-0.4, -0.2) is 56.7 Å². The molecule has 0 bridgehead atoms. The van der Waals surface area contributed by atoms with Crippen LogP contribution in [0.1, 0.15) is 37.8 Å².